The lowest BCUT2D eigenvalue weighted by Gasteiger charge is -1.76. The fourth-order valence-corrected chi connectivity index (χ4v) is 0.326. The summed E-state index contributed by atoms with van der Waals surface area (Å²) in [6.07, 6.45) is 3.23. The second-order valence-corrected chi connectivity index (χ2v) is 1.22. The molecule has 0 saturated carbocycles. The maximum atomic E-state index is 5.29. The Balaban J connectivity index is 3.02. The first-order valence-corrected chi connectivity index (χ1v) is 1.97. The molecular weight excluding hydrogens is 90.1 g/mol. The number of anilines is 1. The molecule has 0 radical (unpaired) electrons. The van der Waals surface area contributed by atoms with Gasteiger partial charge in [-0.05, 0) is 11.2 Å². The fourth-order valence-electron chi connectivity index (χ4n) is 0.326. The average molecular weight is 96.1 g/mol. The Labute approximate surface area is 41.2 Å². The predicted octanol–water partition coefficient (Wildman–Crippen LogP) is -0.522. The van der Waals surface area contributed by atoms with Crippen LogP contribution in [-0.4, -0.2) is 5.10 Å². The van der Waals surface area contributed by atoms with Crippen LogP contribution in [0, 0.1) is 0 Å². The van der Waals surface area contributed by atoms with Crippen LogP contribution < -0.4 is 10.8 Å². The molecule has 3 heteroatoms. The smallest absolute Gasteiger partial charge is 0.216 e. The van der Waals surface area contributed by atoms with Crippen LogP contribution in [0.1, 0.15) is 0 Å². The number of nitrogen functional groups attached to an aromatic ring is 1. The maximum absolute atomic E-state index is 5.29. The van der Waals surface area contributed by atoms with Crippen molar-refractivity contribution in [3.05, 3.63) is 18.5 Å². The summed E-state index contributed by atoms with van der Waals surface area (Å²) in [5.74, 6) is 0. The molecule has 7 heavy (non-hydrogen) atoms. The van der Waals surface area contributed by atoms with E-state index >= 15 is 0 Å². The van der Waals surface area contributed by atoms with Crippen molar-refractivity contribution < 1.29 is 5.10 Å². The van der Waals surface area contributed by atoms with Gasteiger partial charge < -0.3 is 5.73 Å². The third-order valence-electron chi connectivity index (χ3n) is 0.647. The molecule has 0 saturated heterocycles. The zero-order valence-electron chi connectivity index (χ0n) is 3.76. The number of hydrogen-bond acceptors (Lipinski definition) is 2. The molecule has 1 aromatic rings. The summed E-state index contributed by atoms with van der Waals surface area (Å²) in [6.45, 7) is 0. The second kappa shape index (κ2) is 1.55. The quantitative estimate of drug-likeness (QED) is 0.472. The van der Waals surface area contributed by atoms with Gasteiger partial charge in [-0.2, -0.15) is 0 Å². The highest BCUT2D eigenvalue weighted by molar-refractivity contribution is 5.29. The lowest BCUT2D eigenvalue weighted by Crippen LogP contribution is -2.06. The van der Waals surface area contributed by atoms with Crippen LogP contribution in [0.4, 0.5) is 5.69 Å². The zero-order chi connectivity index (χ0) is 5.11. The Morgan fingerprint density at radius 3 is 2.86 bits per heavy atom. The van der Waals surface area contributed by atoms with Gasteiger partial charge in [-0.3, -0.25) is 0 Å². The van der Waals surface area contributed by atoms with Gasteiger partial charge in [0.05, 0.1) is 6.20 Å². The van der Waals surface area contributed by atoms with Crippen LogP contribution >= 0.6 is 0 Å². The standard InChI is InChI=1S/C4H5N3/c5-4-1-2-6-7-3-4/h1-3H,(H2,5,6)/p+1. The summed E-state index contributed by atoms with van der Waals surface area (Å²) >= 11 is 0. The predicted molar refractivity (Wildman–Crippen MR) is 25.2 cm³/mol. The Morgan fingerprint density at radius 2 is 2.57 bits per heavy atom. The minimum Gasteiger partial charge on any atom is -0.394 e. The van der Waals surface area contributed by atoms with E-state index in [9.17, 15) is 0 Å². The van der Waals surface area contributed by atoms with E-state index in [2.05, 4.69) is 10.2 Å². The maximum Gasteiger partial charge on any atom is 0.216 e. The van der Waals surface area contributed by atoms with E-state index in [0.717, 1.165) is 0 Å². The van der Waals surface area contributed by atoms with Crippen molar-refractivity contribution in [1.29, 1.82) is 0 Å². The monoisotopic (exact) mass is 96.1 g/mol. The molecule has 0 atom stereocenters. The van der Waals surface area contributed by atoms with Crippen molar-refractivity contribution in [2.45, 2.75) is 0 Å². The van der Waals surface area contributed by atoms with E-state index in [1.165, 1.54) is 0 Å². The van der Waals surface area contributed by atoms with Crippen LogP contribution in [0.2, 0.25) is 0 Å². The number of nitrogens with zero attached hydrogens (tertiary/aromatic N) is 1. The number of nitrogens with one attached hydrogen (secondary N) is 1. The molecule has 1 aromatic heterocycles. The molecule has 0 aromatic carbocycles. The van der Waals surface area contributed by atoms with Crippen LogP contribution in [0.15, 0.2) is 18.5 Å². The number of aromatic amines is 1. The Hall–Kier alpha value is -1.12. The molecule has 0 aliphatic carbocycles. The summed E-state index contributed by atoms with van der Waals surface area (Å²) in [5, 5.41) is 6.23. The van der Waals surface area contributed by atoms with Crippen molar-refractivity contribution in [1.82, 2.24) is 5.10 Å². The molecule has 0 bridgehead atoms. The van der Waals surface area contributed by atoms with E-state index in [0.29, 0.717) is 5.69 Å². The van der Waals surface area contributed by atoms with Gasteiger partial charge in [0.1, 0.15) is 5.69 Å². The minimum absolute atomic E-state index is 0.704. The van der Waals surface area contributed by atoms with E-state index < -0.39 is 0 Å². The van der Waals surface area contributed by atoms with Crippen molar-refractivity contribution in [2.24, 2.45) is 0 Å². The van der Waals surface area contributed by atoms with Gasteiger partial charge in [0.2, 0.25) is 6.20 Å². The first-order valence-electron chi connectivity index (χ1n) is 1.97. The van der Waals surface area contributed by atoms with E-state index in [1.54, 1.807) is 18.5 Å². The highest BCUT2D eigenvalue weighted by Crippen LogP contribution is 1.86. The molecule has 0 unspecified atom stereocenters. The normalized spacial score (nSPS) is 8.57. The van der Waals surface area contributed by atoms with Gasteiger partial charge >= 0.3 is 0 Å². The van der Waals surface area contributed by atoms with Gasteiger partial charge in [-0.1, -0.05) is 0 Å². The van der Waals surface area contributed by atoms with Crippen LogP contribution in [0.5, 0.6) is 0 Å². The molecule has 0 amide bonds. The Kier molecular flexibility index (Phi) is 0.898. The summed E-state index contributed by atoms with van der Waals surface area (Å²) in [4.78, 5) is 0. The molecule has 1 rings (SSSR count). The number of nitrogens with two attached hydrogens (primary N) is 1. The summed E-state index contributed by atoms with van der Waals surface area (Å²) in [5.41, 5.74) is 5.99. The largest absolute Gasteiger partial charge is 0.394 e. The third-order valence-corrected chi connectivity index (χ3v) is 0.647. The summed E-state index contributed by atoms with van der Waals surface area (Å²) in [6, 6.07) is 1.72. The molecular formula is C4H6N3+. The summed E-state index contributed by atoms with van der Waals surface area (Å²) in [7, 11) is 0. The van der Waals surface area contributed by atoms with Gasteiger partial charge in [0.25, 0.3) is 0 Å². The lowest BCUT2D eigenvalue weighted by atomic mass is 10.5. The molecule has 0 aliphatic heterocycles. The van der Waals surface area contributed by atoms with E-state index in [1.807, 2.05) is 0 Å². The van der Waals surface area contributed by atoms with Gasteiger partial charge in [0, 0.05) is 0 Å². The van der Waals surface area contributed by atoms with Gasteiger partial charge in [-0.15, -0.1) is 5.10 Å². The molecule has 1 heterocycles. The number of H-pyrrole nitrogens is 1. The van der Waals surface area contributed by atoms with Crippen molar-refractivity contribution in [3.63, 3.8) is 0 Å². The topological polar surface area (TPSA) is 53.0 Å². The first-order chi connectivity index (χ1) is 3.39. The minimum atomic E-state index is 0.704. The van der Waals surface area contributed by atoms with Gasteiger partial charge in [0.15, 0.2) is 0 Å². The third kappa shape index (κ3) is 0.855. The molecule has 0 aliphatic rings. The molecule has 3 N–H and O–H groups in total. The van der Waals surface area contributed by atoms with Crippen molar-refractivity contribution >= 4 is 5.69 Å². The second-order valence-electron chi connectivity index (χ2n) is 1.22. The lowest BCUT2D eigenvalue weighted by molar-refractivity contribution is -0.454. The van der Waals surface area contributed by atoms with Gasteiger partial charge in [-0.25, -0.2) is 0 Å². The van der Waals surface area contributed by atoms with Crippen molar-refractivity contribution in [2.75, 3.05) is 5.73 Å². The average Bonchev–Trinajstić information content (AvgIpc) is 1.69. The number of hydrogen-bond donors (Lipinski definition) is 1. The zero-order valence-corrected chi connectivity index (χ0v) is 3.76. The van der Waals surface area contributed by atoms with Crippen LogP contribution in [0.3, 0.4) is 0 Å². The number of aromatic nitrogens is 2. The van der Waals surface area contributed by atoms with Crippen LogP contribution in [0.25, 0.3) is 0 Å². The number of rotatable bonds is 0. The molecule has 36 valence electrons. The first kappa shape index (κ1) is 4.05. The molecule has 0 fully saturated rings. The molecule has 3 nitrogen and oxygen atoms in total. The highest BCUT2D eigenvalue weighted by atomic mass is 15.1. The van der Waals surface area contributed by atoms with E-state index in [-0.39, 0.29) is 0 Å². The summed E-state index contributed by atoms with van der Waals surface area (Å²) < 4.78 is 0. The molecule has 0 spiro atoms. The Bertz CT molecular complexity index is 137. The Morgan fingerprint density at radius 1 is 1.71 bits per heavy atom. The highest BCUT2D eigenvalue weighted by Gasteiger charge is 1.81. The van der Waals surface area contributed by atoms with E-state index in [4.69, 9.17) is 5.73 Å². The SMILES string of the molecule is Nc1ccn[nH+]c1. The fraction of sp³-hybridized carbons (Fsp3) is 0. The van der Waals surface area contributed by atoms with Crippen molar-refractivity contribution in [3.8, 4) is 0 Å². The van der Waals surface area contributed by atoms with Crippen LogP contribution in [-0.2, 0) is 0 Å².